The molecule has 4 heteroatoms. The lowest BCUT2D eigenvalue weighted by Gasteiger charge is -2.30. The SMILES string of the molecule is Oc1c(N2CCNCC2)ccc(-c2ccccc2)c1Cl. The monoisotopic (exact) mass is 288 g/mol. The highest BCUT2D eigenvalue weighted by atomic mass is 35.5. The second kappa shape index (κ2) is 5.73. The summed E-state index contributed by atoms with van der Waals surface area (Å²) in [6, 6.07) is 13.8. The molecule has 0 saturated carbocycles. The number of phenolic OH excluding ortho intramolecular Hbond substituents is 1. The average Bonchev–Trinajstić information content (AvgIpc) is 2.52. The smallest absolute Gasteiger partial charge is 0.158 e. The number of phenols is 1. The first kappa shape index (κ1) is 13.3. The van der Waals surface area contributed by atoms with Gasteiger partial charge in [-0.1, -0.05) is 48.0 Å². The summed E-state index contributed by atoms with van der Waals surface area (Å²) in [5.74, 6) is 0.176. The number of anilines is 1. The molecule has 20 heavy (non-hydrogen) atoms. The van der Waals surface area contributed by atoms with Gasteiger partial charge in [-0.2, -0.15) is 0 Å². The largest absolute Gasteiger partial charge is 0.504 e. The van der Waals surface area contributed by atoms with Gasteiger partial charge >= 0.3 is 0 Å². The van der Waals surface area contributed by atoms with E-state index in [0.29, 0.717) is 5.02 Å². The molecule has 1 saturated heterocycles. The number of rotatable bonds is 2. The van der Waals surface area contributed by atoms with E-state index in [1.165, 1.54) is 0 Å². The van der Waals surface area contributed by atoms with E-state index in [2.05, 4.69) is 10.2 Å². The Balaban J connectivity index is 1.98. The van der Waals surface area contributed by atoms with Crippen molar-refractivity contribution in [1.82, 2.24) is 5.32 Å². The van der Waals surface area contributed by atoms with Crippen LogP contribution >= 0.6 is 11.6 Å². The molecule has 0 unspecified atom stereocenters. The van der Waals surface area contributed by atoms with Crippen molar-refractivity contribution >= 4 is 17.3 Å². The molecule has 0 radical (unpaired) electrons. The third kappa shape index (κ3) is 2.47. The molecule has 0 amide bonds. The lowest BCUT2D eigenvalue weighted by molar-refractivity contribution is 0.471. The molecule has 1 fully saturated rings. The van der Waals surface area contributed by atoms with E-state index in [1.54, 1.807) is 0 Å². The molecule has 1 heterocycles. The van der Waals surface area contributed by atoms with Crippen LogP contribution in [0.25, 0.3) is 11.1 Å². The highest BCUT2D eigenvalue weighted by molar-refractivity contribution is 6.35. The molecule has 0 atom stereocenters. The minimum absolute atomic E-state index is 0.176. The molecule has 1 aliphatic rings. The fourth-order valence-corrected chi connectivity index (χ4v) is 2.82. The Labute approximate surface area is 123 Å². The third-order valence-electron chi connectivity index (χ3n) is 3.64. The fraction of sp³-hybridized carbons (Fsp3) is 0.250. The Morgan fingerprint density at radius 1 is 1.00 bits per heavy atom. The Kier molecular flexibility index (Phi) is 3.81. The third-order valence-corrected chi connectivity index (χ3v) is 4.02. The Hall–Kier alpha value is -1.71. The summed E-state index contributed by atoms with van der Waals surface area (Å²) in [5, 5.41) is 14.1. The molecule has 2 aromatic rings. The van der Waals surface area contributed by atoms with Crippen LogP contribution in [0, 0.1) is 0 Å². The van der Waals surface area contributed by atoms with E-state index >= 15 is 0 Å². The predicted octanol–water partition coefficient (Wildman–Crippen LogP) is 3.12. The van der Waals surface area contributed by atoms with E-state index in [-0.39, 0.29) is 5.75 Å². The zero-order chi connectivity index (χ0) is 13.9. The number of nitrogens with zero attached hydrogens (tertiary/aromatic N) is 1. The number of piperazine rings is 1. The first-order valence-electron chi connectivity index (χ1n) is 6.80. The van der Waals surface area contributed by atoms with Crippen LogP contribution in [-0.4, -0.2) is 31.3 Å². The van der Waals surface area contributed by atoms with Gasteiger partial charge in [-0.3, -0.25) is 0 Å². The Morgan fingerprint density at radius 2 is 1.70 bits per heavy atom. The van der Waals surface area contributed by atoms with Gasteiger partial charge in [0.1, 0.15) is 0 Å². The van der Waals surface area contributed by atoms with Crippen molar-refractivity contribution in [2.24, 2.45) is 0 Å². The van der Waals surface area contributed by atoms with Gasteiger partial charge in [-0.15, -0.1) is 0 Å². The summed E-state index contributed by atoms with van der Waals surface area (Å²) >= 11 is 6.36. The van der Waals surface area contributed by atoms with Crippen LogP contribution in [0.2, 0.25) is 5.02 Å². The predicted molar refractivity (Wildman–Crippen MR) is 83.6 cm³/mol. The van der Waals surface area contributed by atoms with Gasteiger partial charge in [0.2, 0.25) is 0 Å². The minimum atomic E-state index is 0.176. The minimum Gasteiger partial charge on any atom is -0.504 e. The van der Waals surface area contributed by atoms with Crippen molar-refractivity contribution in [2.75, 3.05) is 31.1 Å². The van der Waals surface area contributed by atoms with Crippen molar-refractivity contribution in [3.05, 3.63) is 47.5 Å². The van der Waals surface area contributed by atoms with E-state index < -0.39 is 0 Å². The van der Waals surface area contributed by atoms with Gasteiger partial charge in [0.05, 0.1) is 10.7 Å². The average molecular weight is 289 g/mol. The van der Waals surface area contributed by atoms with Gasteiger partial charge in [0.25, 0.3) is 0 Å². The summed E-state index contributed by atoms with van der Waals surface area (Å²) < 4.78 is 0. The van der Waals surface area contributed by atoms with E-state index in [9.17, 15) is 5.11 Å². The van der Waals surface area contributed by atoms with Crippen LogP contribution in [0.3, 0.4) is 0 Å². The van der Waals surface area contributed by atoms with Gasteiger partial charge in [-0.05, 0) is 11.6 Å². The number of hydrogen-bond donors (Lipinski definition) is 2. The summed E-state index contributed by atoms with van der Waals surface area (Å²) in [4.78, 5) is 2.16. The van der Waals surface area contributed by atoms with Gasteiger partial charge < -0.3 is 15.3 Å². The van der Waals surface area contributed by atoms with Crippen LogP contribution in [0.4, 0.5) is 5.69 Å². The summed E-state index contributed by atoms with van der Waals surface area (Å²) in [6.07, 6.45) is 0. The van der Waals surface area contributed by atoms with Gasteiger partial charge in [-0.25, -0.2) is 0 Å². The van der Waals surface area contributed by atoms with Gasteiger partial charge in [0, 0.05) is 31.7 Å². The zero-order valence-electron chi connectivity index (χ0n) is 11.1. The molecular weight excluding hydrogens is 272 g/mol. The topological polar surface area (TPSA) is 35.5 Å². The molecule has 0 aromatic heterocycles. The lowest BCUT2D eigenvalue weighted by Crippen LogP contribution is -2.43. The molecule has 2 aromatic carbocycles. The molecule has 0 bridgehead atoms. The highest BCUT2D eigenvalue weighted by Crippen LogP contribution is 2.41. The normalized spacial score (nSPS) is 15.3. The van der Waals surface area contributed by atoms with Crippen molar-refractivity contribution < 1.29 is 5.11 Å². The van der Waals surface area contributed by atoms with Crippen molar-refractivity contribution in [3.8, 4) is 16.9 Å². The number of nitrogens with one attached hydrogen (secondary N) is 1. The zero-order valence-corrected chi connectivity index (χ0v) is 11.9. The van der Waals surface area contributed by atoms with Crippen molar-refractivity contribution in [2.45, 2.75) is 0 Å². The van der Waals surface area contributed by atoms with E-state index in [4.69, 9.17) is 11.6 Å². The number of hydrogen-bond acceptors (Lipinski definition) is 3. The lowest BCUT2D eigenvalue weighted by atomic mass is 10.0. The van der Waals surface area contributed by atoms with Crippen molar-refractivity contribution in [1.29, 1.82) is 0 Å². The second-order valence-corrected chi connectivity index (χ2v) is 5.28. The number of halogens is 1. The molecule has 3 rings (SSSR count). The summed E-state index contributed by atoms with van der Waals surface area (Å²) in [5.41, 5.74) is 2.69. The maximum Gasteiger partial charge on any atom is 0.158 e. The molecule has 2 N–H and O–H groups in total. The van der Waals surface area contributed by atoms with E-state index in [1.807, 2.05) is 42.5 Å². The van der Waals surface area contributed by atoms with Crippen LogP contribution in [0.5, 0.6) is 5.75 Å². The van der Waals surface area contributed by atoms with Crippen LogP contribution in [0.1, 0.15) is 0 Å². The van der Waals surface area contributed by atoms with E-state index in [0.717, 1.165) is 43.0 Å². The first-order chi connectivity index (χ1) is 9.77. The molecule has 0 spiro atoms. The van der Waals surface area contributed by atoms with Crippen LogP contribution in [0.15, 0.2) is 42.5 Å². The summed E-state index contributed by atoms with van der Waals surface area (Å²) in [7, 11) is 0. The summed E-state index contributed by atoms with van der Waals surface area (Å²) in [6.45, 7) is 3.62. The first-order valence-corrected chi connectivity index (χ1v) is 7.18. The molecular formula is C16H17ClN2O. The standard InChI is InChI=1S/C16H17ClN2O/c17-15-13(12-4-2-1-3-5-12)6-7-14(16(15)20)19-10-8-18-9-11-19/h1-7,18,20H,8-11H2. The Bertz CT molecular complexity index is 595. The molecule has 0 aliphatic carbocycles. The second-order valence-electron chi connectivity index (χ2n) is 4.90. The number of aromatic hydroxyl groups is 1. The number of benzene rings is 2. The maximum absolute atomic E-state index is 10.4. The van der Waals surface area contributed by atoms with Gasteiger partial charge in [0.15, 0.2) is 5.75 Å². The van der Waals surface area contributed by atoms with Crippen molar-refractivity contribution in [3.63, 3.8) is 0 Å². The molecule has 1 aliphatic heterocycles. The van der Waals surface area contributed by atoms with Crippen LogP contribution in [-0.2, 0) is 0 Å². The maximum atomic E-state index is 10.4. The molecule has 104 valence electrons. The Morgan fingerprint density at radius 3 is 2.40 bits per heavy atom. The highest BCUT2D eigenvalue weighted by Gasteiger charge is 2.18. The fourth-order valence-electron chi connectivity index (χ4n) is 2.56. The quantitative estimate of drug-likeness (QED) is 0.891. The molecule has 3 nitrogen and oxygen atoms in total. The van der Waals surface area contributed by atoms with Crippen LogP contribution < -0.4 is 10.2 Å².